The first-order valence-corrected chi connectivity index (χ1v) is 7.73. The summed E-state index contributed by atoms with van der Waals surface area (Å²) in [5, 5.41) is 0. The van der Waals surface area contributed by atoms with Crippen LogP contribution in [0.4, 0.5) is 17.6 Å². The van der Waals surface area contributed by atoms with Gasteiger partial charge in [-0.2, -0.15) is 8.78 Å². The molecule has 0 spiro atoms. The molecular formula is C18H16ClF4NO4. The third-order valence-electron chi connectivity index (χ3n) is 3.47. The second-order valence-electron chi connectivity index (χ2n) is 5.51. The zero-order valence-electron chi connectivity index (χ0n) is 14.3. The molecule has 28 heavy (non-hydrogen) atoms. The summed E-state index contributed by atoms with van der Waals surface area (Å²) in [5.41, 5.74) is 6.25. The number of halogens is 5. The number of ketones is 1. The molecule has 0 fully saturated rings. The van der Waals surface area contributed by atoms with Crippen LogP contribution in [-0.2, 0) is 20.9 Å². The van der Waals surface area contributed by atoms with Gasteiger partial charge in [0.2, 0.25) is 11.6 Å². The number of ether oxygens (including phenoxy) is 2. The highest BCUT2D eigenvalue weighted by Crippen LogP contribution is 2.26. The van der Waals surface area contributed by atoms with Crippen LogP contribution in [0.1, 0.15) is 12.0 Å². The van der Waals surface area contributed by atoms with E-state index >= 15 is 0 Å². The Morgan fingerprint density at radius 3 is 2.14 bits per heavy atom. The second kappa shape index (κ2) is 10.6. The van der Waals surface area contributed by atoms with Crippen molar-refractivity contribution in [1.29, 1.82) is 0 Å². The third kappa shape index (κ3) is 6.21. The van der Waals surface area contributed by atoms with Gasteiger partial charge in [-0.1, -0.05) is 30.3 Å². The molecule has 0 aliphatic rings. The number of esters is 1. The topological polar surface area (TPSA) is 78.6 Å². The highest BCUT2D eigenvalue weighted by atomic mass is 35.5. The van der Waals surface area contributed by atoms with Crippen LogP contribution in [0.2, 0.25) is 0 Å². The number of hydrogen-bond donors (Lipinski definition) is 1. The zero-order chi connectivity index (χ0) is 20.0. The van der Waals surface area contributed by atoms with Crippen molar-refractivity contribution in [1.82, 2.24) is 0 Å². The Balaban J connectivity index is 0.00000392. The minimum atomic E-state index is -1.78. The molecule has 5 nitrogen and oxygen atoms in total. The predicted molar refractivity (Wildman–Crippen MR) is 92.9 cm³/mol. The van der Waals surface area contributed by atoms with Crippen LogP contribution >= 0.6 is 12.4 Å². The SMILES string of the molecule is Cl.N[C@@H](CC(=O)OCc1ccccc1)C(=O)COc1c(F)c(F)cc(F)c1F. The molecule has 0 aliphatic heterocycles. The molecule has 2 aromatic rings. The fraction of sp³-hybridized carbons (Fsp3) is 0.222. The molecule has 0 radical (unpaired) electrons. The molecule has 2 N–H and O–H groups in total. The van der Waals surface area contributed by atoms with E-state index in [9.17, 15) is 27.2 Å². The van der Waals surface area contributed by atoms with Gasteiger partial charge < -0.3 is 15.2 Å². The summed E-state index contributed by atoms with van der Waals surface area (Å²) >= 11 is 0. The Labute approximate surface area is 163 Å². The summed E-state index contributed by atoms with van der Waals surface area (Å²) in [4.78, 5) is 23.5. The number of hydrogen-bond acceptors (Lipinski definition) is 5. The van der Waals surface area contributed by atoms with Gasteiger partial charge in [0.15, 0.2) is 23.2 Å². The van der Waals surface area contributed by atoms with Crippen LogP contribution in [0.15, 0.2) is 36.4 Å². The lowest BCUT2D eigenvalue weighted by molar-refractivity contribution is -0.146. The van der Waals surface area contributed by atoms with Crippen molar-refractivity contribution in [3.05, 3.63) is 65.2 Å². The average Bonchev–Trinajstić information content (AvgIpc) is 2.65. The van der Waals surface area contributed by atoms with Crippen molar-refractivity contribution < 1.29 is 36.6 Å². The molecule has 0 heterocycles. The molecule has 2 rings (SSSR count). The molecule has 0 amide bonds. The number of carbonyl (C=O) groups is 2. The van der Waals surface area contributed by atoms with Gasteiger partial charge in [0.1, 0.15) is 13.2 Å². The van der Waals surface area contributed by atoms with E-state index < -0.39 is 59.8 Å². The Hall–Kier alpha value is -2.65. The van der Waals surface area contributed by atoms with Crippen LogP contribution < -0.4 is 10.5 Å². The molecule has 10 heteroatoms. The minimum absolute atomic E-state index is 0. The Morgan fingerprint density at radius 1 is 1.00 bits per heavy atom. The van der Waals surface area contributed by atoms with Gasteiger partial charge in [0, 0.05) is 6.07 Å². The van der Waals surface area contributed by atoms with E-state index in [0.29, 0.717) is 0 Å². The van der Waals surface area contributed by atoms with E-state index in [0.717, 1.165) is 5.56 Å². The highest BCUT2D eigenvalue weighted by Gasteiger charge is 2.24. The predicted octanol–water partition coefficient (Wildman–Crippen LogP) is 3.07. The molecule has 0 aliphatic carbocycles. The van der Waals surface area contributed by atoms with Crippen molar-refractivity contribution in [3.63, 3.8) is 0 Å². The summed E-state index contributed by atoms with van der Waals surface area (Å²) in [6.07, 6.45) is -0.502. The van der Waals surface area contributed by atoms with Gasteiger partial charge in [-0.3, -0.25) is 9.59 Å². The Morgan fingerprint density at radius 2 is 1.57 bits per heavy atom. The molecule has 0 saturated heterocycles. The quantitative estimate of drug-likeness (QED) is 0.402. The van der Waals surface area contributed by atoms with E-state index in [1.54, 1.807) is 30.3 Å². The lowest BCUT2D eigenvalue weighted by Gasteiger charge is -2.12. The average molecular weight is 422 g/mol. The molecule has 2 aromatic carbocycles. The summed E-state index contributed by atoms with van der Waals surface area (Å²) in [7, 11) is 0. The fourth-order valence-corrected chi connectivity index (χ4v) is 2.02. The van der Waals surface area contributed by atoms with Gasteiger partial charge in [-0.15, -0.1) is 12.4 Å². The van der Waals surface area contributed by atoms with Gasteiger partial charge in [-0.05, 0) is 5.56 Å². The largest absolute Gasteiger partial charge is 0.479 e. The lowest BCUT2D eigenvalue weighted by atomic mass is 10.1. The van der Waals surface area contributed by atoms with E-state index in [1.165, 1.54) is 0 Å². The summed E-state index contributed by atoms with van der Waals surface area (Å²) in [6, 6.07) is 7.38. The summed E-state index contributed by atoms with van der Waals surface area (Å²) in [6.45, 7) is -1.00. The molecule has 0 bridgehead atoms. The van der Waals surface area contributed by atoms with Crippen LogP contribution in [-0.4, -0.2) is 24.4 Å². The summed E-state index contributed by atoms with van der Waals surface area (Å²) in [5.74, 6) is -9.96. The number of carbonyl (C=O) groups excluding carboxylic acids is 2. The van der Waals surface area contributed by atoms with Crippen LogP contribution in [0.5, 0.6) is 5.75 Å². The second-order valence-corrected chi connectivity index (χ2v) is 5.51. The van der Waals surface area contributed by atoms with Crippen molar-refractivity contribution in [2.45, 2.75) is 19.1 Å². The highest BCUT2D eigenvalue weighted by molar-refractivity contribution is 5.89. The molecule has 0 aromatic heterocycles. The molecular weight excluding hydrogens is 406 g/mol. The first-order valence-electron chi connectivity index (χ1n) is 7.73. The Bertz CT molecular complexity index is 810. The van der Waals surface area contributed by atoms with Gasteiger partial charge in [0.25, 0.3) is 0 Å². The maximum atomic E-state index is 13.4. The van der Waals surface area contributed by atoms with Gasteiger partial charge in [0.05, 0.1) is 12.5 Å². The maximum absolute atomic E-state index is 13.4. The van der Waals surface area contributed by atoms with Crippen molar-refractivity contribution in [2.24, 2.45) is 5.73 Å². The fourth-order valence-electron chi connectivity index (χ4n) is 2.02. The number of rotatable bonds is 8. The monoisotopic (exact) mass is 421 g/mol. The first-order chi connectivity index (χ1) is 12.8. The standard InChI is InChI=1S/C18H15F4NO4.ClH/c19-11-6-12(20)17(22)18(16(11)21)27-9-14(24)13(23)7-15(25)26-8-10-4-2-1-3-5-10;/h1-6,13H,7-9,23H2;1H/t13-;/m0./s1. The van der Waals surface area contributed by atoms with Crippen molar-refractivity contribution in [2.75, 3.05) is 6.61 Å². The zero-order valence-corrected chi connectivity index (χ0v) is 15.1. The number of benzene rings is 2. The molecule has 0 unspecified atom stereocenters. The van der Waals surface area contributed by atoms with Gasteiger partial charge in [-0.25, -0.2) is 8.78 Å². The molecule has 152 valence electrons. The van der Waals surface area contributed by atoms with E-state index in [-0.39, 0.29) is 25.1 Å². The van der Waals surface area contributed by atoms with Crippen molar-refractivity contribution >= 4 is 24.2 Å². The maximum Gasteiger partial charge on any atom is 0.308 e. The number of nitrogens with two attached hydrogens (primary N) is 1. The lowest BCUT2D eigenvalue weighted by Crippen LogP contribution is -2.37. The Kier molecular flexibility index (Phi) is 8.87. The van der Waals surface area contributed by atoms with E-state index in [2.05, 4.69) is 4.74 Å². The third-order valence-corrected chi connectivity index (χ3v) is 3.47. The van der Waals surface area contributed by atoms with Crippen LogP contribution in [0.25, 0.3) is 0 Å². The van der Waals surface area contributed by atoms with Crippen LogP contribution in [0, 0.1) is 23.3 Å². The van der Waals surface area contributed by atoms with Crippen molar-refractivity contribution in [3.8, 4) is 5.75 Å². The normalized spacial score (nSPS) is 11.3. The molecule has 0 saturated carbocycles. The molecule has 1 atom stereocenters. The van der Waals surface area contributed by atoms with Crippen LogP contribution in [0.3, 0.4) is 0 Å². The van der Waals surface area contributed by atoms with Gasteiger partial charge >= 0.3 is 5.97 Å². The smallest absolute Gasteiger partial charge is 0.308 e. The van der Waals surface area contributed by atoms with E-state index in [4.69, 9.17) is 10.5 Å². The van der Waals surface area contributed by atoms with E-state index in [1.807, 2.05) is 0 Å². The minimum Gasteiger partial charge on any atom is -0.479 e. The first kappa shape index (κ1) is 23.4. The number of Topliss-reactive ketones (excluding diaryl/α,β-unsaturated/α-hetero) is 1. The summed E-state index contributed by atoms with van der Waals surface area (Å²) < 4.78 is 62.5.